The predicted octanol–water partition coefficient (Wildman–Crippen LogP) is 4.89. The Morgan fingerprint density at radius 1 is 1.24 bits per heavy atom. The number of alkyl halides is 1. The van der Waals surface area contributed by atoms with E-state index in [4.69, 9.17) is 23.2 Å². The maximum atomic E-state index is 6.34. The number of benzene rings is 1. The fourth-order valence-electron chi connectivity index (χ4n) is 2.77. The molecule has 0 amide bonds. The number of imidazole rings is 1. The van der Waals surface area contributed by atoms with Gasteiger partial charge in [-0.15, -0.1) is 11.6 Å². The molecule has 1 aromatic heterocycles. The Hall–Kier alpha value is -0.770. The Morgan fingerprint density at radius 3 is 2.48 bits per heavy atom. The van der Waals surface area contributed by atoms with Crippen molar-refractivity contribution >= 4 is 34.2 Å². The van der Waals surface area contributed by atoms with E-state index in [2.05, 4.69) is 35.2 Å². The zero-order valence-corrected chi connectivity index (χ0v) is 14.6. The van der Waals surface area contributed by atoms with E-state index in [-0.39, 0.29) is 5.38 Å². The van der Waals surface area contributed by atoms with Crippen molar-refractivity contribution in [2.24, 2.45) is 0 Å². The molecule has 1 heterocycles. The van der Waals surface area contributed by atoms with Crippen molar-refractivity contribution in [2.75, 3.05) is 19.6 Å². The van der Waals surface area contributed by atoms with Gasteiger partial charge in [-0.25, -0.2) is 4.98 Å². The van der Waals surface area contributed by atoms with Gasteiger partial charge < -0.3 is 9.47 Å². The first-order valence-electron chi connectivity index (χ1n) is 7.51. The standard InChI is InChI=1S/C16H23Cl2N3/c1-5-20(6-2)10-11(3)21-15-8-7-13(18)9-14(15)19-16(21)12(4)17/h7-9,11-12H,5-6,10H2,1-4H3. The molecule has 2 aromatic rings. The molecule has 0 N–H and O–H groups in total. The quantitative estimate of drug-likeness (QED) is 0.704. The van der Waals surface area contributed by atoms with Gasteiger partial charge in [-0.2, -0.15) is 0 Å². The average Bonchev–Trinajstić information content (AvgIpc) is 2.83. The molecule has 2 unspecified atom stereocenters. The Balaban J connectivity index is 2.47. The van der Waals surface area contributed by atoms with E-state index in [1.165, 1.54) is 0 Å². The zero-order valence-electron chi connectivity index (χ0n) is 13.1. The fraction of sp³-hybridized carbons (Fsp3) is 0.562. The third kappa shape index (κ3) is 3.53. The van der Waals surface area contributed by atoms with E-state index in [0.717, 1.165) is 36.5 Å². The number of hydrogen-bond acceptors (Lipinski definition) is 2. The van der Waals surface area contributed by atoms with Crippen LogP contribution in [0.4, 0.5) is 0 Å². The van der Waals surface area contributed by atoms with E-state index in [1.54, 1.807) is 0 Å². The first-order chi connectivity index (χ1) is 9.97. The number of nitrogens with zero attached hydrogens (tertiary/aromatic N) is 3. The maximum absolute atomic E-state index is 6.34. The number of aromatic nitrogens is 2. The Bertz CT molecular complexity index is 603. The number of fused-ring (bicyclic) bond motifs is 1. The van der Waals surface area contributed by atoms with E-state index in [9.17, 15) is 0 Å². The van der Waals surface area contributed by atoms with Crippen molar-refractivity contribution < 1.29 is 0 Å². The zero-order chi connectivity index (χ0) is 15.6. The average molecular weight is 328 g/mol. The van der Waals surface area contributed by atoms with Crippen LogP contribution in [0.15, 0.2) is 18.2 Å². The van der Waals surface area contributed by atoms with Gasteiger partial charge in [-0.05, 0) is 45.1 Å². The largest absolute Gasteiger partial charge is 0.323 e. The Morgan fingerprint density at radius 2 is 1.90 bits per heavy atom. The third-order valence-electron chi connectivity index (χ3n) is 3.89. The molecule has 0 aliphatic rings. The van der Waals surface area contributed by atoms with Gasteiger partial charge in [-0.3, -0.25) is 0 Å². The second-order valence-corrected chi connectivity index (χ2v) is 6.52. The summed E-state index contributed by atoms with van der Waals surface area (Å²) in [5, 5.41) is 0.577. The monoisotopic (exact) mass is 327 g/mol. The molecule has 1 aromatic carbocycles. The number of halogens is 2. The van der Waals surface area contributed by atoms with Gasteiger partial charge in [0.15, 0.2) is 0 Å². The van der Waals surface area contributed by atoms with Crippen molar-refractivity contribution in [1.29, 1.82) is 0 Å². The molecule has 3 nitrogen and oxygen atoms in total. The molecule has 0 aliphatic carbocycles. The Kier molecular flexibility index (Phi) is 5.53. The molecule has 0 spiro atoms. The minimum absolute atomic E-state index is 0.129. The highest BCUT2D eigenvalue weighted by molar-refractivity contribution is 6.31. The minimum Gasteiger partial charge on any atom is -0.323 e. The summed E-state index contributed by atoms with van der Waals surface area (Å²) >= 11 is 12.4. The minimum atomic E-state index is -0.129. The highest BCUT2D eigenvalue weighted by atomic mass is 35.5. The Labute approximate surface area is 136 Å². The van der Waals surface area contributed by atoms with E-state index in [1.807, 2.05) is 25.1 Å². The highest BCUT2D eigenvalue weighted by Gasteiger charge is 2.20. The molecule has 0 radical (unpaired) electrons. The number of hydrogen-bond donors (Lipinski definition) is 0. The van der Waals surface area contributed by atoms with E-state index >= 15 is 0 Å². The maximum Gasteiger partial charge on any atom is 0.128 e. The summed E-state index contributed by atoms with van der Waals surface area (Å²) in [7, 11) is 0. The van der Waals surface area contributed by atoms with Gasteiger partial charge in [0, 0.05) is 17.6 Å². The fourth-order valence-corrected chi connectivity index (χ4v) is 3.09. The van der Waals surface area contributed by atoms with Crippen LogP contribution in [-0.2, 0) is 0 Å². The van der Waals surface area contributed by atoms with Gasteiger partial charge in [0.05, 0.1) is 16.4 Å². The summed E-state index contributed by atoms with van der Waals surface area (Å²) in [5.41, 5.74) is 2.01. The summed E-state index contributed by atoms with van der Waals surface area (Å²) in [6.07, 6.45) is 0. The molecular formula is C16H23Cl2N3. The number of rotatable bonds is 6. The second-order valence-electron chi connectivity index (χ2n) is 5.42. The summed E-state index contributed by atoms with van der Waals surface area (Å²) in [6.45, 7) is 11.6. The topological polar surface area (TPSA) is 21.1 Å². The van der Waals surface area contributed by atoms with Crippen LogP contribution in [0.25, 0.3) is 11.0 Å². The van der Waals surface area contributed by atoms with Crippen molar-refractivity contribution in [3.05, 3.63) is 29.0 Å². The highest BCUT2D eigenvalue weighted by Crippen LogP contribution is 2.29. The van der Waals surface area contributed by atoms with Crippen molar-refractivity contribution in [2.45, 2.75) is 39.1 Å². The van der Waals surface area contributed by atoms with Gasteiger partial charge in [-0.1, -0.05) is 25.4 Å². The van der Waals surface area contributed by atoms with Crippen LogP contribution in [0, 0.1) is 0 Å². The molecule has 0 aliphatic heterocycles. The predicted molar refractivity (Wildman–Crippen MR) is 91.5 cm³/mol. The van der Waals surface area contributed by atoms with E-state index < -0.39 is 0 Å². The van der Waals surface area contributed by atoms with Crippen molar-refractivity contribution in [3.63, 3.8) is 0 Å². The molecule has 0 bridgehead atoms. The lowest BCUT2D eigenvalue weighted by molar-refractivity contribution is 0.261. The molecule has 2 rings (SSSR count). The summed E-state index contributed by atoms with van der Waals surface area (Å²) < 4.78 is 2.25. The van der Waals surface area contributed by atoms with Crippen LogP contribution < -0.4 is 0 Å². The van der Waals surface area contributed by atoms with Crippen molar-refractivity contribution in [1.82, 2.24) is 14.5 Å². The molecule has 0 fully saturated rings. The smallest absolute Gasteiger partial charge is 0.128 e. The third-order valence-corrected chi connectivity index (χ3v) is 4.32. The molecule has 0 saturated carbocycles. The molecule has 0 saturated heterocycles. The summed E-state index contributed by atoms with van der Waals surface area (Å²) in [5.74, 6) is 0.911. The van der Waals surface area contributed by atoms with Gasteiger partial charge in [0.1, 0.15) is 5.82 Å². The second kappa shape index (κ2) is 6.99. The molecule has 5 heteroatoms. The molecule has 116 valence electrons. The van der Waals surface area contributed by atoms with Crippen LogP contribution in [0.3, 0.4) is 0 Å². The first-order valence-corrected chi connectivity index (χ1v) is 8.33. The lowest BCUT2D eigenvalue weighted by Crippen LogP contribution is -2.30. The normalized spacial score (nSPS) is 14.8. The van der Waals surface area contributed by atoms with Crippen LogP contribution in [0.5, 0.6) is 0 Å². The lowest BCUT2D eigenvalue weighted by Gasteiger charge is -2.25. The molecule has 21 heavy (non-hydrogen) atoms. The van der Waals surface area contributed by atoms with Crippen molar-refractivity contribution in [3.8, 4) is 0 Å². The van der Waals surface area contributed by atoms with Crippen LogP contribution in [0.1, 0.15) is 44.9 Å². The van der Waals surface area contributed by atoms with E-state index in [0.29, 0.717) is 11.1 Å². The SMILES string of the molecule is CCN(CC)CC(C)n1c(C(C)Cl)nc2cc(Cl)ccc21. The first kappa shape index (κ1) is 16.6. The lowest BCUT2D eigenvalue weighted by atomic mass is 10.2. The molecule has 2 atom stereocenters. The van der Waals surface area contributed by atoms with Crippen LogP contribution >= 0.6 is 23.2 Å². The number of likely N-dealkylation sites (N-methyl/N-ethyl adjacent to an activating group) is 1. The summed E-state index contributed by atoms with van der Waals surface area (Å²) in [6, 6.07) is 6.16. The van der Waals surface area contributed by atoms with Gasteiger partial charge >= 0.3 is 0 Å². The summed E-state index contributed by atoms with van der Waals surface area (Å²) in [4.78, 5) is 7.09. The van der Waals surface area contributed by atoms with Crippen LogP contribution in [-0.4, -0.2) is 34.1 Å². The van der Waals surface area contributed by atoms with Gasteiger partial charge in [0.25, 0.3) is 0 Å². The molecular weight excluding hydrogens is 305 g/mol. The van der Waals surface area contributed by atoms with Crippen LogP contribution in [0.2, 0.25) is 5.02 Å². The van der Waals surface area contributed by atoms with Gasteiger partial charge in [0.2, 0.25) is 0 Å².